The van der Waals surface area contributed by atoms with Gasteiger partial charge in [-0.3, -0.25) is 4.79 Å². The highest BCUT2D eigenvalue weighted by Crippen LogP contribution is 2.59. The summed E-state index contributed by atoms with van der Waals surface area (Å²) in [6, 6.07) is 0. The van der Waals surface area contributed by atoms with Crippen LogP contribution in [0.2, 0.25) is 0 Å². The minimum atomic E-state index is -0.873. The average Bonchev–Trinajstić information content (AvgIpc) is 3.78. The van der Waals surface area contributed by atoms with Gasteiger partial charge in [-0.15, -0.1) is 0 Å². The Hall–Kier alpha value is -2.41. The highest BCUT2D eigenvalue weighted by molar-refractivity contribution is 5.77. The number of nitrogens with one attached hydrogen (secondary N) is 3. The Kier molecular flexibility index (Phi) is 10.2. The molecule has 3 fully saturated rings. The molecule has 4 unspecified atom stereocenters. The number of amides is 3. The molecule has 222 valence electrons. The zero-order valence-electron chi connectivity index (χ0n) is 24.1. The fraction of sp³-hybridized carbons (Fsp3) is 0.815. The number of methoxy groups -OCH3 is 1. The van der Waals surface area contributed by atoms with E-state index in [0.29, 0.717) is 32.5 Å². The average molecular weight is 555 g/mol. The van der Waals surface area contributed by atoms with Gasteiger partial charge in [-0.1, -0.05) is 11.6 Å². The number of epoxide rings is 2. The Balaban J connectivity index is 1.47. The SMILES string of the molecule is COC1C(OC(=O)NC(C)(C)COC(=O)NCCCNC(=O)CN)CC[C@]2(CO2)C1C1(C)O[C@@H]1CC=C(C)C. The van der Waals surface area contributed by atoms with E-state index in [2.05, 4.69) is 42.8 Å². The van der Waals surface area contributed by atoms with Gasteiger partial charge in [0.15, 0.2) is 0 Å². The Bertz CT molecular complexity index is 917. The predicted octanol–water partition coefficient (Wildman–Crippen LogP) is 1.76. The van der Waals surface area contributed by atoms with E-state index in [1.165, 1.54) is 5.57 Å². The van der Waals surface area contributed by atoms with Crippen LogP contribution in [0.4, 0.5) is 9.59 Å². The molecule has 12 heteroatoms. The van der Waals surface area contributed by atoms with Crippen LogP contribution in [0.5, 0.6) is 0 Å². The van der Waals surface area contributed by atoms with Crippen molar-refractivity contribution in [3.8, 4) is 0 Å². The van der Waals surface area contributed by atoms with Crippen LogP contribution < -0.4 is 21.7 Å². The Morgan fingerprint density at radius 1 is 1.15 bits per heavy atom. The first-order valence-electron chi connectivity index (χ1n) is 13.7. The second kappa shape index (κ2) is 12.8. The predicted molar refractivity (Wildman–Crippen MR) is 143 cm³/mol. The van der Waals surface area contributed by atoms with E-state index in [1.807, 2.05) is 0 Å². The molecule has 1 aliphatic carbocycles. The molecule has 2 saturated heterocycles. The fourth-order valence-corrected chi connectivity index (χ4v) is 5.43. The normalized spacial score (nSPS) is 31.2. The van der Waals surface area contributed by atoms with Crippen molar-refractivity contribution in [2.24, 2.45) is 11.7 Å². The number of carbonyl (C=O) groups is 3. The van der Waals surface area contributed by atoms with Crippen LogP contribution in [-0.4, -0.2) is 93.1 Å². The van der Waals surface area contributed by atoms with Crippen LogP contribution in [0.3, 0.4) is 0 Å². The summed E-state index contributed by atoms with van der Waals surface area (Å²) < 4.78 is 29.2. The molecular formula is C27H46N4O8. The van der Waals surface area contributed by atoms with Crippen LogP contribution in [0.15, 0.2) is 11.6 Å². The summed E-state index contributed by atoms with van der Waals surface area (Å²) in [5.41, 5.74) is 4.87. The molecular weight excluding hydrogens is 508 g/mol. The maximum absolute atomic E-state index is 12.9. The lowest BCUT2D eigenvalue weighted by molar-refractivity contribution is -0.119. The number of rotatable bonds is 13. The molecule has 5 N–H and O–H groups in total. The molecule has 1 spiro atoms. The first kappa shape index (κ1) is 31.1. The molecule has 3 rings (SSSR count). The molecule has 0 aromatic rings. The molecule has 39 heavy (non-hydrogen) atoms. The standard InChI is InChI=1S/C27H46N4O8/c1-17(2)8-9-19-26(5,39-19)22-21(35-6)18(10-11-27(22)16-37-27)38-24(34)31-25(3,4)15-36-23(33)30-13-7-12-29-20(32)14-28/h8,18-19,21-22H,7,9-16,28H2,1-6H3,(H,29,32)(H,30,33)(H,31,34)/t18?,19-,21?,22?,26?,27+/m1/s1. The quantitative estimate of drug-likeness (QED) is 0.151. The lowest BCUT2D eigenvalue weighted by Crippen LogP contribution is -2.57. The van der Waals surface area contributed by atoms with Gasteiger partial charge in [0, 0.05) is 20.2 Å². The lowest BCUT2D eigenvalue weighted by atomic mass is 9.68. The topological polar surface area (TPSA) is 166 Å². The number of hydrogen-bond acceptors (Lipinski definition) is 9. The Morgan fingerprint density at radius 3 is 2.46 bits per heavy atom. The molecule has 1 saturated carbocycles. The van der Waals surface area contributed by atoms with Crippen LogP contribution in [-0.2, 0) is 28.5 Å². The number of alkyl carbamates (subject to hydrolysis) is 2. The highest BCUT2D eigenvalue weighted by Gasteiger charge is 2.72. The van der Waals surface area contributed by atoms with Crippen LogP contribution >= 0.6 is 0 Å². The molecule has 0 aromatic carbocycles. The van der Waals surface area contributed by atoms with Crippen molar-refractivity contribution in [3.05, 3.63) is 11.6 Å². The van der Waals surface area contributed by atoms with Gasteiger partial charge in [0.1, 0.15) is 30.0 Å². The maximum Gasteiger partial charge on any atom is 0.408 e. The van der Waals surface area contributed by atoms with E-state index in [9.17, 15) is 14.4 Å². The number of hydrogen-bond donors (Lipinski definition) is 4. The van der Waals surface area contributed by atoms with Crippen molar-refractivity contribution in [2.75, 3.05) is 40.0 Å². The van der Waals surface area contributed by atoms with Gasteiger partial charge in [-0.2, -0.15) is 0 Å². The fourth-order valence-electron chi connectivity index (χ4n) is 5.43. The molecule has 0 radical (unpaired) electrons. The van der Waals surface area contributed by atoms with E-state index >= 15 is 0 Å². The number of allylic oxidation sites excluding steroid dienone is 1. The highest BCUT2D eigenvalue weighted by atomic mass is 16.6. The Labute approximate surface area is 231 Å². The summed E-state index contributed by atoms with van der Waals surface area (Å²) in [6.45, 7) is 10.9. The molecule has 2 heterocycles. The molecule has 2 aliphatic heterocycles. The third-order valence-electron chi connectivity index (χ3n) is 7.63. The van der Waals surface area contributed by atoms with Crippen molar-refractivity contribution in [1.82, 2.24) is 16.0 Å². The summed E-state index contributed by atoms with van der Waals surface area (Å²) in [5, 5.41) is 8.02. The summed E-state index contributed by atoms with van der Waals surface area (Å²) in [6.07, 6.45) is 2.88. The summed E-state index contributed by atoms with van der Waals surface area (Å²) in [7, 11) is 1.63. The van der Waals surface area contributed by atoms with Crippen molar-refractivity contribution in [2.45, 2.75) is 95.4 Å². The van der Waals surface area contributed by atoms with E-state index in [0.717, 1.165) is 12.8 Å². The molecule has 0 bridgehead atoms. The minimum Gasteiger partial charge on any atom is -0.447 e. The number of carbonyl (C=O) groups excluding carboxylic acids is 3. The summed E-state index contributed by atoms with van der Waals surface area (Å²) >= 11 is 0. The maximum atomic E-state index is 12.9. The van der Waals surface area contributed by atoms with Crippen molar-refractivity contribution in [3.63, 3.8) is 0 Å². The van der Waals surface area contributed by atoms with Gasteiger partial charge in [0.2, 0.25) is 5.91 Å². The second-order valence-electron chi connectivity index (χ2n) is 11.7. The van der Waals surface area contributed by atoms with E-state index in [-0.39, 0.29) is 42.8 Å². The number of ether oxygens (including phenoxy) is 5. The lowest BCUT2D eigenvalue weighted by Gasteiger charge is -2.42. The van der Waals surface area contributed by atoms with E-state index < -0.39 is 29.4 Å². The number of nitrogens with two attached hydrogens (primary N) is 1. The smallest absolute Gasteiger partial charge is 0.408 e. The summed E-state index contributed by atoms with van der Waals surface area (Å²) in [5.74, 6) is -0.322. The van der Waals surface area contributed by atoms with Crippen LogP contribution in [0, 0.1) is 5.92 Å². The van der Waals surface area contributed by atoms with Gasteiger partial charge in [0.05, 0.1) is 30.7 Å². The van der Waals surface area contributed by atoms with E-state index in [4.69, 9.17) is 29.4 Å². The minimum absolute atomic E-state index is 0.0618. The third kappa shape index (κ3) is 8.29. The molecule has 3 aliphatic rings. The summed E-state index contributed by atoms with van der Waals surface area (Å²) in [4.78, 5) is 36.0. The monoisotopic (exact) mass is 554 g/mol. The molecule has 6 atom stereocenters. The van der Waals surface area contributed by atoms with Gasteiger partial charge >= 0.3 is 12.2 Å². The Morgan fingerprint density at radius 2 is 1.85 bits per heavy atom. The van der Waals surface area contributed by atoms with Crippen LogP contribution in [0.1, 0.15) is 60.3 Å². The first-order valence-corrected chi connectivity index (χ1v) is 13.7. The molecule has 12 nitrogen and oxygen atoms in total. The van der Waals surface area contributed by atoms with Gasteiger partial charge in [-0.05, 0) is 60.3 Å². The molecule has 0 aromatic heterocycles. The zero-order valence-corrected chi connectivity index (χ0v) is 24.1. The van der Waals surface area contributed by atoms with Crippen LogP contribution in [0.25, 0.3) is 0 Å². The first-order chi connectivity index (χ1) is 18.4. The van der Waals surface area contributed by atoms with Crippen molar-refractivity contribution in [1.29, 1.82) is 0 Å². The van der Waals surface area contributed by atoms with Gasteiger partial charge in [0.25, 0.3) is 0 Å². The van der Waals surface area contributed by atoms with E-state index in [1.54, 1.807) is 21.0 Å². The zero-order chi connectivity index (χ0) is 28.8. The van der Waals surface area contributed by atoms with Gasteiger partial charge in [-0.25, -0.2) is 9.59 Å². The van der Waals surface area contributed by atoms with Gasteiger partial charge < -0.3 is 45.4 Å². The largest absolute Gasteiger partial charge is 0.447 e. The second-order valence-corrected chi connectivity index (χ2v) is 11.7. The van der Waals surface area contributed by atoms with Crippen molar-refractivity contribution >= 4 is 18.1 Å². The molecule has 3 amide bonds. The van der Waals surface area contributed by atoms with Crippen molar-refractivity contribution < 1.29 is 38.1 Å². The third-order valence-corrected chi connectivity index (χ3v) is 7.63.